The van der Waals surface area contributed by atoms with Crippen molar-refractivity contribution in [1.82, 2.24) is 19.6 Å². The lowest BCUT2D eigenvalue weighted by atomic mass is 10.1. The van der Waals surface area contributed by atoms with Crippen LogP contribution in [0.3, 0.4) is 0 Å². The number of H-pyrrole nitrogens is 1. The van der Waals surface area contributed by atoms with Gasteiger partial charge in [-0.05, 0) is 49.6 Å². The second kappa shape index (κ2) is 8.16. The van der Waals surface area contributed by atoms with Gasteiger partial charge in [0, 0.05) is 17.3 Å². The summed E-state index contributed by atoms with van der Waals surface area (Å²) in [7, 11) is 0. The molecule has 0 aliphatic heterocycles. The van der Waals surface area contributed by atoms with Crippen molar-refractivity contribution in [3.8, 4) is 11.4 Å². The number of rotatable bonds is 5. The quantitative estimate of drug-likeness (QED) is 0.481. The third kappa shape index (κ3) is 4.13. The van der Waals surface area contributed by atoms with Crippen molar-refractivity contribution in [2.75, 3.05) is 11.1 Å². The zero-order chi connectivity index (χ0) is 21.3. The van der Waals surface area contributed by atoms with Crippen LogP contribution in [0.5, 0.6) is 0 Å². The summed E-state index contributed by atoms with van der Waals surface area (Å²) in [5, 5.41) is 6.09. The van der Waals surface area contributed by atoms with E-state index >= 15 is 0 Å². The molecule has 0 atom stereocenters. The fraction of sp³-hybridized carbons (Fsp3) is 0.182. The molecule has 4 rings (SSSR count). The molecule has 2 heterocycles. The maximum Gasteiger partial charge on any atom is 0.266 e. The number of nitrogens with zero attached hydrogens (tertiary/aromatic N) is 3. The molecule has 0 aliphatic rings. The molecule has 4 aromatic rings. The van der Waals surface area contributed by atoms with Crippen molar-refractivity contribution < 1.29 is 4.79 Å². The van der Waals surface area contributed by atoms with Gasteiger partial charge >= 0.3 is 0 Å². The first-order chi connectivity index (χ1) is 14.4. The lowest BCUT2D eigenvalue weighted by molar-refractivity contribution is -0.113. The topological polar surface area (TPSA) is 92.2 Å². The van der Waals surface area contributed by atoms with Gasteiger partial charge in [0.1, 0.15) is 0 Å². The number of carbonyl (C=O) groups excluding carboxylic acids is 1. The number of hydrogen-bond donors (Lipinski definition) is 2. The molecule has 0 aliphatic carbocycles. The Morgan fingerprint density at radius 1 is 1.03 bits per heavy atom. The molecule has 1 amide bonds. The zero-order valence-electron chi connectivity index (χ0n) is 16.9. The number of anilines is 1. The molecule has 0 unspecified atom stereocenters. The van der Waals surface area contributed by atoms with Crippen LogP contribution in [-0.4, -0.2) is 31.2 Å². The van der Waals surface area contributed by atoms with E-state index in [2.05, 4.69) is 20.4 Å². The fourth-order valence-corrected chi connectivity index (χ4v) is 3.82. The molecule has 152 valence electrons. The molecular formula is C22H21N5O2S. The van der Waals surface area contributed by atoms with Crippen LogP contribution in [0.2, 0.25) is 0 Å². The smallest absolute Gasteiger partial charge is 0.266 e. The Bertz CT molecular complexity index is 1310. The lowest BCUT2D eigenvalue weighted by Gasteiger charge is -2.10. The Labute approximate surface area is 177 Å². The molecule has 7 nitrogen and oxygen atoms in total. The second-order valence-electron chi connectivity index (χ2n) is 7.09. The van der Waals surface area contributed by atoms with E-state index in [1.165, 1.54) is 27.9 Å². The maximum absolute atomic E-state index is 12.5. The highest BCUT2D eigenvalue weighted by atomic mass is 32.2. The van der Waals surface area contributed by atoms with Crippen LogP contribution in [0.25, 0.3) is 17.0 Å². The summed E-state index contributed by atoms with van der Waals surface area (Å²) in [4.78, 5) is 33.5. The van der Waals surface area contributed by atoms with Gasteiger partial charge in [-0.1, -0.05) is 42.1 Å². The van der Waals surface area contributed by atoms with E-state index in [9.17, 15) is 9.59 Å². The van der Waals surface area contributed by atoms with E-state index in [0.29, 0.717) is 16.6 Å². The number of carbonyl (C=O) groups is 1. The number of amides is 1. The van der Waals surface area contributed by atoms with Crippen LogP contribution in [0.15, 0.2) is 58.5 Å². The molecule has 2 N–H and O–H groups in total. The highest BCUT2D eigenvalue weighted by molar-refractivity contribution is 7.99. The van der Waals surface area contributed by atoms with Crippen molar-refractivity contribution in [3.05, 3.63) is 75.6 Å². The molecule has 0 saturated heterocycles. The van der Waals surface area contributed by atoms with Crippen LogP contribution in [0, 0.1) is 20.8 Å². The van der Waals surface area contributed by atoms with Gasteiger partial charge in [-0.2, -0.15) is 0 Å². The molecule has 0 bridgehead atoms. The Morgan fingerprint density at radius 2 is 1.83 bits per heavy atom. The number of benzene rings is 2. The van der Waals surface area contributed by atoms with E-state index < -0.39 is 0 Å². The number of aryl methyl sites for hydroxylation is 3. The molecular weight excluding hydrogens is 398 g/mol. The van der Waals surface area contributed by atoms with Crippen molar-refractivity contribution in [2.45, 2.75) is 25.9 Å². The summed E-state index contributed by atoms with van der Waals surface area (Å²) >= 11 is 1.24. The van der Waals surface area contributed by atoms with E-state index in [-0.39, 0.29) is 17.2 Å². The van der Waals surface area contributed by atoms with Gasteiger partial charge in [0.2, 0.25) is 5.91 Å². The number of hydrogen-bond acceptors (Lipinski definition) is 5. The van der Waals surface area contributed by atoms with Gasteiger partial charge in [-0.3, -0.25) is 14.7 Å². The SMILES string of the molecule is Cc1ccc(NC(=O)CSc2nc(-c3ccccc3C)nc3cc(=O)[nH]n23)cc1C. The van der Waals surface area contributed by atoms with E-state index in [4.69, 9.17) is 0 Å². The Kier molecular flexibility index (Phi) is 5.41. The van der Waals surface area contributed by atoms with Gasteiger partial charge in [-0.15, -0.1) is 0 Å². The zero-order valence-corrected chi connectivity index (χ0v) is 17.7. The minimum absolute atomic E-state index is 0.145. The summed E-state index contributed by atoms with van der Waals surface area (Å²) in [5.41, 5.74) is 5.15. The number of aromatic nitrogens is 4. The minimum atomic E-state index is -0.271. The fourth-order valence-electron chi connectivity index (χ4n) is 3.07. The number of nitrogens with one attached hydrogen (secondary N) is 2. The third-order valence-electron chi connectivity index (χ3n) is 4.83. The largest absolute Gasteiger partial charge is 0.325 e. The molecule has 2 aromatic heterocycles. The Balaban J connectivity index is 1.60. The number of fused-ring (bicyclic) bond motifs is 1. The molecule has 30 heavy (non-hydrogen) atoms. The highest BCUT2D eigenvalue weighted by Crippen LogP contribution is 2.24. The molecule has 0 spiro atoms. The monoisotopic (exact) mass is 419 g/mol. The highest BCUT2D eigenvalue weighted by Gasteiger charge is 2.14. The van der Waals surface area contributed by atoms with Crippen LogP contribution in [-0.2, 0) is 4.79 Å². The van der Waals surface area contributed by atoms with E-state index in [1.54, 1.807) is 0 Å². The van der Waals surface area contributed by atoms with Gasteiger partial charge < -0.3 is 5.32 Å². The van der Waals surface area contributed by atoms with Gasteiger partial charge in [0.05, 0.1) is 5.75 Å². The summed E-state index contributed by atoms with van der Waals surface area (Å²) < 4.78 is 1.51. The summed E-state index contributed by atoms with van der Waals surface area (Å²) in [5.74, 6) is 0.512. The molecule has 0 radical (unpaired) electrons. The predicted molar refractivity (Wildman–Crippen MR) is 119 cm³/mol. The first-order valence-corrected chi connectivity index (χ1v) is 10.4. The van der Waals surface area contributed by atoms with Crippen LogP contribution in [0.4, 0.5) is 5.69 Å². The molecule has 0 fully saturated rings. The van der Waals surface area contributed by atoms with Crippen LogP contribution < -0.4 is 10.9 Å². The standard InChI is InChI=1S/C22H21N5O2S/c1-13-8-9-16(10-15(13)3)23-20(29)12-30-22-25-21(17-7-5-4-6-14(17)2)24-18-11-19(28)26-27(18)22/h4-11H,12H2,1-3H3,(H,23,29)(H,26,28). The first kappa shape index (κ1) is 19.9. The number of aromatic amines is 1. The molecule has 2 aromatic carbocycles. The van der Waals surface area contributed by atoms with E-state index in [0.717, 1.165) is 22.4 Å². The van der Waals surface area contributed by atoms with Crippen LogP contribution in [0.1, 0.15) is 16.7 Å². The van der Waals surface area contributed by atoms with Gasteiger partial charge in [0.15, 0.2) is 16.6 Å². The van der Waals surface area contributed by atoms with E-state index in [1.807, 2.05) is 63.2 Å². The van der Waals surface area contributed by atoms with Crippen molar-refractivity contribution >= 4 is 29.0 Å². The average Bonchev–Trinajstić information content (AvgIpc) is 3.09. The summed E-state index contributed by atoms with van der Waals surface area (Å²) in [6.45, 7) is 6.02. The summed E-state index contributed by atoms with van der Waals surface area (Å²) in [6.07, 6.45) is 0. The predicted octanol–water partition coefficient (Wildman–Crippen LogP) is 3.74. The maximum atomic E-state index is 12.5. The first-order valence-electron chi connectivity index (χ1n) is 9.46. The normalized spacial score (nSPS) is 11.0. The Hall–Kier alpha value is -3.39. The van der Waals surface area contributed by atoms with Crippen molar-refractivity contribution in [3.63, 3.8) is 0 Å². The summed E-state index contributed by atoms with van der Waals surface area (Å²) in [6, 6.07) is 15.0. The van der Waals surface area contributed by atoms with Crippen molar-refractivity contribution in [2.24, 2.45) is 0 Å². The second-order valence-corrected chi connectivity index (χ2v) is 8.04. The minimum Gasteiger partial charge on any atom is -0.325 e. The van der Waals surface area contributed by atoms with Gasteiger partial charge in [-0.25, -0.2) is 14.5 Å². The number of thioether (sulfide) groups is 1. The Morgan fingerprint density at radius 3 is 2.60 bits per heavy atom. The third-order valence-corrected chi connectivity index (χ3v) is 5.77. The molecule has 0 saturated carbocycles. The molecule has 8 heteroatoms. The van der Waals surface area contributed by atoms with Gasteiger partial charge in [0.25, 0.3) is 5.56 Å². The average molecular weight is 420 g/mol. The lowest BCUT2D eigenvalue weighted by Crippen LogP contribution is -2.15. The van der Waals surface area contributed by atoms with Crippen LogP contribution >= 0.6 is 11.8 Å². The van der Waals surface area contributed by atoms with Crippen molar-refractivity contribution in [1.29, 1.82) is 0 Å².